The third-order valence-corrected chi connectivity index (χ3v) is 6.18. The molecule has 0 N–H and O–H groups in total. The van der Waals surface area contributed by atoms with E-state index in [9.17, 15) is 4.79 Å². The average molecular weight is 411 g/mol. The van der Waals surface area contributed by atoms with Crippen molar-refractivity contribution in [2.24, 2.45) is 5.92 Å². The summed E-state index contributed by atoms with van der Waals surface area (Å²) < 4.78 is 22.0. The Morgan fingerprint density at radius 3 is 2.17 bits per heavy atom. The second-order valence-electron chi connectivity index (χ2n) is 8.06. The van der Waals surface area contributed by atoms with Crippen LogP contribution in [-0.2, 0) is 5.41 Å². The molecule has 0 aromatic heterocycles. The molecule has 1 aliphatic carbocycles. The fourth-order valence-electron chi connectivity index (χ4n) is 4.76. The maximum atomic E-state index is 13.7. The monoisotopic (exact) mass is 410 g/mol. The number of hydrogen-bond acceptors (Lipinski definition) is 5. The minimum absolute atomic E-state index is 0.0588. The number of fused-ring (bicyclic) bond motifs is 1. The zero-order valence-corrected chi connectivity index (χ0v) is 18.6. The summed E-state index contributed by atoms with van der Waals surface area (Å²) in [6.45, 7) is 8.23. The van der Waals surface area contributed by atoms with Crippen LogP contribution in [0.5, 0.6) is 23.0 Å². The number of methoxy groups -OCH3 is 4. The molecule has 2 unspecified atom stereocenters. The van der Waals surface area contributed by atoms with Crippen LogP contribution < -0.4 is 18.9 Å². The first kappa shape index (κ1) is 21.8. The number of Topliss-reactive ketones (excluding diaryl/α,β-unsaturated/α-hetero) is 1. The molecule has 3 rings (SSSR count). The summed E-state index contributed by atoms with van der Waals surface area (Å²) in [5.74, 6) is 2.21. The fourth-order valence-corrected chi connectivity index (χ4v) is 4.76. The maximum Gasteiger partial charge on any atom is 0.170 e. The van der Waals surface area contributed by atoms with Gasteiger partial charge in [0, 0.05) is 17.9 Å². The van der Waals surface area contributed by atoms with E-state index in [2.05, 4.69) is 20.4 Å². The summed E-state index contributed by atoms with van der Waals surface area (Å²) in [5, 5.41) is 0. The molecule has 0 bridgehead atoms. The lowest BCUT2D eigenvalue weighted by Crippen LogP contribution is -2.42. The van der Waals surface area contributed by atoms with Gasteiger partial charge in [-0.25, -0.2) is 0 Å². The molecule has 5 heteroatoms. The maximum absolute atomic E-state index is 13.7. The molecule has 0 amide bonds. The smallest absolute Gasteiger partial charge is 0.170 e. The molecule has 2 atom stereocenters. The summed E-state index contributed by atoms with van der Waals surface area (Å²) in [6, 6.07) is 9.60. The van der Waals surface area contributed by atoms with Crippen LogP contribution in [0.15, 0.2) is 43.0 Å². The predicted molar refractivity (Wildman–Crippen MR) is 117 cm³/mol. The minimum atomic E-state index is -0.377. The Balaban J connectivity index is 2.28. The number of rotatable bonds is 7. The molecule has 0 aliphatic heterocycles. The molecule has 0 spiro atoms. The van der Waals surface area contributed by atoms with E-state index in [1.807, 2.05) is 30.3 Å². The molecule has 0 fully saturated rings. The van der Waals surface area contributed by atoms with Gasteiger partial charge in [-0.2, -0.15) is 0 Å². The van der Waals surface area contributed by atoms with Crippen LogP contribution in [0.3, 0.4) is 0 Å². The molecule has 0 radical (unpaired) electrons. The van der Waals surface area contributed by atoms with Crippen molar-refractivity contribution in [2.75, 3.05) is 28.4 Å². The van der Waals surface area contributed by atoms with Gasteiger partial charge >= 0.3 is 0 Å². The summed E-state index contributed by atoms with van der Waals surface area (Å²) in [6.07, 6.45) is 2.38. The van der Waals surface area contributed by atoms with Crippen LogP contribution >= 0.6 is 0 Å². The summed E-state index contributed by atoms with van der Waals surface area (Å²) in [5.41, 5.74) is 2.19. The van der Waals surface area contributed by atoms with Gasteiger partial charge in [-0.05, 0) is 41.2 Å². The third-order valence-electron chi connectivity index (χ3n) is 6.18. The molecule has 0 heterocycles. The van der Waals surface area contributed by atoms with Gasteiger partial charge in [-0.3, -0.25) is 4.79 Å². The van der Waals surface area contributed by atoms with Crippen molar-refractivity contribution in [3.63, 3.8) is 0 Å². The molecule has 160 valence electrons. The standard InChI is InChI=1S/C25H30O5/c1-8-9-17-23(15-10-11-19(28-5)20(12-15)29-6)25(2,3)18-13-16(27-4)14-21(30-7)22(18)24(17)26/h8,10-14,17,23H,1,9H2,2-7H3. The van der Waals surface area contributed by atoms with Crippen molar-refractivity contribution in [1.29, 1.82) is 0 Å². The molecule has 5 nitrogen and oxygen atoms in total. The van der Waals surface area contributed by atoms with Crippen LogP contribution in [0.2, 0.25) is 0 Å². The highest BCUT2D eigenvalue weighted by atomic mass is 16.5. The number of carbonyl (C=O) groups excluding carboxylic acids is 1. The number of hydrogen-bond donors (Lipinski definition) is 0. The van der Waals surface area contributed by atoms with Crippen LogP contribution in [0.25, 0.3) is 0 Å². The van der Waals surface area contributed by atoms with Crippen molar-refractivity contribution < 1.29 is 23.7 Å². The zero-order chi connectivity index (χ0) is 22.1. The lowest BCUT2D eigenvalue weighted by Gasteiger charge is -2.45. The molecule has 2 aromatic rings. The first-order valence-electron chi connectivity index (χ1n) is 9.97. The van der Waals surface area contributed by atoms with Crippen molar-refractivity contribution in [3.05, 3.63) is 59.7 Å². The SMILES string of the molecule is C=CCC1C(=O)c2c(OC)cc(OC)cc2C(C)(C)C1c1ccc(OC)c(OC)c1. The first-order valence-corrected chi connectivity index (χ1v) is 9.97. The Hall–Kier alpha value is -2.95. The number of carbonyl (C=O) groups is 1. The van der Waals surface area contributed by atoms with E-state index in [0.29, 0.717) is 35.0 Å². The van der Waals surface area contributed by atoms with Gasteiger partial charge in [-0.15, -0.1) is 6.58 Å². The van der Waals surface area contributed by atoms with Gasteiger partial charge in [0.25, 0.3) is 0 Å². The van der Waals surface area contributed by atoms with Gasteiger partial charge in [-0.1, -0.05) is 26.0 Å². The molecule has 1 aliphatic rings. The Kier molecular flexibility index (Phi) is 6.11. The van der Waals surface area contributed by atoms with E-state index in [1.54, 1.807) is 34.5 Å². The van der Waals surface area contributed by atoms with Crippen molar-refractivity contribution in [3.8, 4) is 23.0 Å². The van der Waals surface area contributed by atoms with Gasteiger partial charge in [0.1, 0.15) is 11.5 Å². The number of benzene rings is 2. The van der Waals surface area contributed by atoms with Crippen molar-refractivity contribution >= 4 is 5.78 Å². The summed E-state index contributed by atoms with van der Waals surface area (Å²) in [7, 11) is 6.43. The molecule has 0 saturated carbocycles. The zero-order valence-electron chi connectivity index (χ0n) is 18.6. The lowest BCUT2D eigenvalue weighted by atomic mass is 9.57. The summed E-state index contributed by atoms with van der Waals surface area (Å²) >= 11 is 0. The second kappa shape index (κ2) is 8.42. The van der Waals surface area contributed by atoms with E-state index in [0.717, 1.165) is 11.1 Å². The normalized spacial score (nSPS) is 19.6. The Morgan fingerprint density at radius 1 is 0.933 bits per heavy atom. The molecule has 2 aromatic carbocycles. The predicted octanol–water partition coefficient (Wildman–Crippen LogP) is 5.17. The van der Waals surface area contributed by atoms with Crippen LogP contribution in [0.1, 0.15) is 47.7 Å². The molecular formula is C25H30O5. The number of allylic oxidation sites excluding steroid dienone is 1. The third kappa shape index (κ3) is 3.42. The Bertz CT molecular complexity index is 960. The molecule has 30 heavy (non-hydrogen) atoms. The largest absolute Gasteiger partial charge is 0.497 e. The highest BCUT2D eigenvalue weighted by Crippen LogP contribution is 2.54. The van der Waals surface area contributed by atoms with Crippen molar-refractivity contribution in [2.45, 2.75) is 31.6 Å². The number of ether oxygens (including phenoxy) is 4. The van der Waals surface area contributed by atoms with Crippen LogP contribution in [0, 0.1) is 5.92 Å². The van der Waals surface area contributed by atoms with E-state index < -0.39 is 0 Å². The topological polar surface area (TPSA) is 54.0 Å². The highest BCUT2D eigenvalue weighted by molar-refractivity contribution is 6.04. The number of ketones is 1. The lowest BCUT2D eigenvalue weighted by molar-refractivity contribution is 0.0840. The van der Waals surface area contributed by atoms with Crippen LogP contribution in [-0.4, -0.2) is 34.2 Å². The first-order chi connectivity index (χ1) is 14.3. The van der Waals surface area contributed by atoms with Gasteiger partial charge in [0.05, 0.1) is 34.0 Å². The van der Waals surface area contributed by atoms with E-state index in [1.165, 1.54) is 0 Å². The van der Waals surface area contributed by atoms with E-state index in [4.69, 9.17) is 18.9 Å². The van der Waals surface area contributed by atoms with Gasteiger partial charge in [0.2, 0.25) is 0 Å². The molecule has 0 saturated heterocycles. The Labute approximate surface area is 178 Å². The fraction of sp³-hybridized carbons (Fsp3) is 0.400. The van der Waals surface area contributed by atoms with E-state index in [-0.39, 0.29) is 23.0 Å². The summed E-state index contributed by atoms with van der Waals surface area (Å²) in [4.78, 5) is 13.7. The quantitative estimate of drug-likeness (QED) is 0.590. The minimum Gasteiger partial charge on any atom is -0.497 e. The van der Waals surface area contributed by atoms with Crippen LogP contribution in [0.4, 0.5) is 0 Å². The van der Waals surface area contributed by atoms with Crippen molar-refractivity contribution in [1.82, 2.24) is 0 Å². The Morgan fingerprint density at radius 2 is 1.60 bits per heavy atom. The van der Waals surface area contributed by atoms with E-state index >= 15 is 0 Å². The second-order valence-corrected chi connectivity index (χ2v) is 8.06. The average Bonchev–Trinajstić information content (AvgIpc) is 2.76. The van der Waals surface area contributed by atoms with Gasteiger partial charge < -0.3 is 18.9 Å². The molecular weight excluding hydrogens is 380 g/mol. The highest BCUT2D eigenvalue weighted by Gasteiger charge is 2.48. The van der Waals surface area contributed by atoms with Gasteiger partial charge in [0.15, 0.2) is 17.3 Å².